The first-order chi connectivity index (χ1) is 5.65. The van der Waals surface area contributed by atoms with Gasteiger partial charge in [-0.05, 0) is 41.1 Å². The summed E-state index contributed by atoms with van der Waals surface area (Å²) in [6.45, 7) is 1.86. The van der Waals surface area contributed by atoms with Crippen LogP contribution in [0.5, 0.6) is 0 Å². The van der Waals surface area contributed by atoms with Gasteiger partial charge in [-0.1, -0.05) is 11.6 Å². The number of hydrogen-bond acceptors (Lipinski definition) is 1. The van der Waals surface area contributed by atoms with Crippen molar-refractivity contribution >= 4 is 40.0 Å². The van der Waals surface area contributed by atoms with Crippen LogP contribution in [0.4, 0.5) is 4.39 Å². The van der Waals surface area contributed by atoms with E-state index in [2.05, 4.69) is 4.98 Å². The van der Waals surface area contributed by atoms with Crippen molar-refractivity contribution < 1.29 is 4.39 Å². The molecule has 12 heavy (non-hydrogen) atoms. The largest absolute Gasteiger partial charge is 0.252 e. The number of aryl methyl sites for hydroxylation is 1. The second-order valence-corrected chi connectivity index (χ2v) is 3.33. The number of rotatable bonds is 1. The molecule has 0 aliphatic rings. The Labute approximate surface area is 88.8 Å². The van der Waals surface area contributed by atoms with Crippen LogP contribution in [0.25, 0.3) is 5.83 Å². The maximum absolute atomic E-state index is 13.0. The van der Waals surface area contributed by atoms with E-state index in [-0.39, 0.29) is 5.69 Å². The van der Waals surface area contributed by atoms with Gasteiger partial charge in [-0.3, -0.25) is 4.98 Å². The van der Waals surface area contributed by atoms with Crippen LogP contribution in [-0.4, -0.2) is 4.98 Å². The zero-order chi connectivity index (χ0) is 9.14. The molecule has 1 aromatic rings. The van der Waals surface area contributed by atoms with Crippen LogP contribution < -0.4 is 0 Å². The molecular formula is C8H6ClFIN. The number of nitrogens with zero attached hydrogens (tertiary/aromatic N) is 1. The molecule has 1 rings (SSSR count). The average Bonchev–Trinajstić information content (AvgIpc) is 2.03. The maximum atomic E-state index is 13.0. The highest BCUT2D eigenvalue weighted by Gasteiger charge is 2.06. The van der Waals surface area contributed by atoms with Gasteiger partial charge in [0.25, 0.3) is 0 Å². The Bertz CT molecular complexity index is 325. The van der Waals surface area contributed by atoms with Crippen molar-refractivity contribution in [3.63, 3.8) is 0 Å². The van der Waals surface area contributed by atoms with Crippen molar-refractivity contribution in [2.24, 2.45) is 0 Å². The van der Waals surface area contributed by atoms with E-state index >= 15 is 0 Å². The Kier molecular flexibility index (Phi) is 3.46. The third kappa shape index (κ3) is 2.17. The van der Waals surface area contributed by atoms with Gasteiger partial charge in [-0.2, -0.15) is 0 Å². The molecule has 0 amide bonds. The van der Waals surface area contributed by atoms with Gasteiger partial charge >= 0.3 is 0 Å². The first-order valence-electron chi connectivity index (χ1n) is 3.23. The molecule has 1 aromatic heterocycles. The summed E-state index contributed by atoms with van der Waals surface area (Å²) in [4.78, 5) is 3.87. The molecule has 0 saturated heterocycles. The van der Waals surface area contributed by atoms with Gasteiger partial charge in [0.05, 0.1) is 5.02 Å². The van der Waals surface area contributed by atoms with E-state index < -0.39 is 5.83 Å². The zero-order valence-electron chi connectivity index (χ0n) is 6.31. The molecule has 1 nitrogen and oxygen atoms in total. The quantitative estimate of drug-likeness (QED) is 0.720. The first-order valence-corrected chi connectivity index (χ1v) is 4.86. The van der Waals surface area contributed by atoms with Crippen molar-refractivity contribution in [3.05, 3.63) is 32.6 Å². The minimum absolute atomic E-state index is 0.205. The Balaban J connectivity index is 3.18. The van der Waals surface area contributed by atoms with E-state index in [1.54, 1.807) is 34.9 Å². The molecule has 0 fully saturated rings. The van der Waals surface area contributed by atoms with Crippen LogP contribution in [0.2, 0.25) is 5.02 Å². The van der Waals surface area contributed by atoms with E-state index in [1.807, 2.05) is 6.92 Å². The second-order valence-electron chi connectivity index (χ2n) is 2.30. The van der Waals surface area contributed by atoms with Crippen LogP contribution in [0.3, 0.4) is 0 Å². The van der Waals surface area contributed by atoms with E-state index in [9.17, 15) is 4.39 Å². The molecule has 1 heterocycles. The fourth-order valence-electron chi connectivity index (χ4n) is 0.761. The molecule has 0 aliphatic carbocycles. The summed E-state index contributed by atoms with van der Waals surface area (Å²) in [5.74, 6) is -0.402. The highest BCUT2D eigenvalue weighted by atomic mass is 127. The number of halogens is 3. The Morgan fingerprint density at radius 1 is 1.75 bits per heavy atom. The predicted octanol–water partition coefficient (Wildman–Crippen LogP) is 3.75. The number of pyridine rings is 1. The lowest BCUT2D eigenvalue weighted by Gasteiger charge is -1.99. The van der Waals surface area contributed by atoms with Gasteiger partial charge in [0.15, 0.2) is 5.83 Å². The van der Waals surface area contributed by atoms with Gasteiger partial charge in [-0.15, -0.1) is 0 Å². The summed E-state index contributed by atoms with van der Waals surface area (Å²) in [5, 5.41) is 0.348. The Morgan fingerprint density at radius 2 is 2.42 bits per heavy atom. The normalized spacial score (nSPS) is 11.8. The molecule has 0 saturated carbocycles. The third-order valence-electron chi connectivity index (χ3n) is 1.30. The topological polar surface area (TPSA) is 12.9 Å². The van der Waals surface area contributed by atoms with Gasteiger partial charge in [0, 0.05) is 10.3 Å². The number of aromatic nitrogens is 1. The van der Waals surface area contributed by atoms with E-state index in [0.29, 0.717) is 5.02 Å². The fraction of sp³-hybridized carbons (Fsp3) is 0.125. The second kappa shape index (κ2) is 4.18. The van der Waals surface area contributed by atoms with Crippen molar-refractivity contribution in [1.82, 2.24) is 4.98 Å². The summed E-state index contributed by atoms with van der Waals surface area (Å²) in [7, 11) is 0. The molecule has 0 spiro atoms. The van der Waals surface area contributed by atoms with Crippen LogP contribution in [0.1, 0.15) is 11.3 Å². The molecule has 64 valence electrons. The minimum Gasteiger partial charge on any atom is -0.252 e. The summed E-state index contributed by atoms with van der Waals surface area (Å²) in [6.07, 6.45) is 1.58. The zero-order valence-corrected chi connectivity index (χ0v) is 9.23. The van der Waals surface area contributed by atoms with Crippen molar-refractivity contribution in [3.8, 4) is 0 Å². The van der Waals surface area contributed by atoms with E-state index in [0.717, 1.165) is 5.56 Å². The molecule has 0 aliphatic heterocycles. The van der Waals surface area contributed by atoms with Crippen LogP contribution >= 0.6 is 34.2 Å². The summed E-state index contributed by atoms with van der Waals surface area (Å²) in [6, 6.07) is 1.68. The van der Waals surface area contributed by atoms with Gasteiger partial charge in [0.1, 0.15) is 5.69 Å². The SMILES string of the molecule is Cc1cnc(/C(F)=C/I)c(Cl)c1. The smallest absolute Gasteiger partial charge is 0.156 e. The number of hydrogen-bond donors (Lipinski definition) is 0. The fourth-order valence-corrected chi connectivity index (χ4v) is 1.37. The first kappa shape index (κ1) is 9.92. The van der Waals surface area contributed by atoms with Gasteiger partial charge in [-0.25, -0.2) is 4.39 Å². The lowest BCUT2D eigenvalue weighted by molar-refractivity contribution is 0.755. The molecule has 0 atom stereocenters. The molecule has 0 aromatic carbocycles. The lowest BCUT2D eigenvalue weighted by Crippen LogP contribution is -1.87. The van der Waals surface area contributed by atoms with Crippen LogP contribution in [0, 0.1) is 6.92 Å². The lowest BCUT2D eigenvalue weighted by atomic mass is 10.2. The highest BCUT2D eigenvalue weighted by molar-refractivity contribution is 14.1. The molecule has 4 heteroatoms. The third-order valence-corrected chi connectivity index (χ3v) is 2.13. The van der Waals surface area contributed by atoms with Gasteiger partial charge in [0.2, 0.25) is 0 Å². The van der Waals surface area contributed by atoms with Crippen LogP contribution in [0.15, 0.2) is 16.3 Å². The molecule has 0 N–H and O–H groups in total. The Hall–Kier alpha value is -0.160. The monoisotopic (exact) mass is 297 g/mol. The predicted molar refractivity (Wildman–Crippen MR) is 57.1 cm³/mol. The average molecular weight is 297 g/mol. The molecule has 0 unspecified atom stereocenters. The summed E-state index contributed by atoms with van der Waals surface area (Å²) >= 11 is 7.56. The highest BCUT2D eigenvalue weighted by Crippen LogP contribution is 2.24. The maximum Gasteiger partial charge on any atom is 0.156 e. The van der Waals surface area contributed by atoms with E-state index in [4.69, 9.17) is 11.6 Å². The van der Waals surface area contributed by atoms with E-state index in [1.165, 1.54) is 4.08 Å². The standard InChI is InChI=1S/C8H6ClFIN/c1-5-2-6(9)8(12-4-5)7(10)3-11/h2-4H,1H3/b7-3-. The Morgan fingerprint density at radius 3 is 2.92 bits per heavy atom. The van der Waals surface area contributed by atoms with Crippen molar-refractivity contribution in [1.29, 1.82) is 0 Å². The minimum atomic E-state index is -0.402. The molecular weight excluding hydrogens is 291 g/mol. The van der Waals surface area contributed by atoms with Crippen LogP contribution in [-0.2, 0) is 0 Å². The summed E-state index contributed by atoms with van der Waals surface area (Å²) in [5.41, 5.74) is 1.13. The molecule has 0 radical (unpaired) electrons. The van der Waals surface area contributed by atoms with Gasteiger partial charge < -0.3 is 0 Å². The van der Waals surface area contributed by atoms with Crippen molar-refractivity contribution in [2.45, 2.75) is 6.92 Å². The molecule has 0 bridgehead atoms. The van der Waals surface area contributed by atoms with Crippen molar-refractivity contribution in [2.75, 3.05) is 0 Å². The summed E-state index contributed by atoms with van der Waals surface area (Å²) < 4.78 is 14.3.